The normalized spacial score (nSPS) is 48.2. The van der Waals surface area contributed by atoms with Crippen LogP contribution < -0.4 is 0 Å². The van der Waals surface area contributed by atoms with E-state index in [1.165, 1.54) is 12.8 Å². The summed E-state index contributed by atoms with van der Waals surface area (Å²) in [6.07, 6.45) is 2.88. The maximum Gasteiger partial charge on any atom is -0.00923 e. The van der Waals surface area contributed by atoms with E-state index in [0.717, 1.165) is 35.5 Å². The van der Waals surface area contributed by atoms with Crippen molar-refractivity contribution in [2.45, 2.75) is 40.5 Å². The number of allylic oxidation sites excluding steroid dienone is 2. The van der Waals surface area contributed by atoms with Crippen molar-refractivity contribution in [3.05, 3.63) is 11.1 Å². The van der Waals surface area contributed by atoms with Gasteiger partial charge in [0.15, 0.2) is 0 Å². The summed E-state index contributed by atoms with van der Waals surface area (Å²) in [4.78, 5) is 0. The van der Waals surface area contributed by atoms with Crippen LogP contribution in [0.1, 0.15) is 40.5 Å². The quantitative estimate of drug-likeness (QED) is 0.592. The van der Waals surface area contributed by atoms with Crippen molar-refractivity contribution in [2.75, 3.05) is 0 Å². The molecule has 0 spiro atoms. The first-order valence-electron chi connectivity index (χ1n) is 6.37. The van der Waals surface area contributed by atoms with E-state index in [4.69, 9.17) is 0 Å². The Kier molecular flexibility index (Phi) is 1.70. The van der Waals surface area contributed by atoms with Crippen LogP contribution in [-0.2, 0) is 0 Å². The zero-order valence-corrected chi connectivity index (χ0v) is 9.88. The van der Waals surface area contributed by atoms with E-state index < -0.39 is 0 Å². The topological polar surface area (TPSA) is 0 Å². The molecule has 5 atom stereocenters. The summed E-state index contributed by atoms with van der Waals surface area (Å²) in [6.45, 7) is 9.54. The Morgan fingerprint density at radius 2 is 1.93 bits per heavy atom. The minimum atomic E-state index is 0.887. The summed E-state index contributed by atoms with van der Waals surface area (Å²) in [7, 11) is 0. The summed E-state index contributed by atoms with van der Waals surface area (Å²) in [5.74, 6) is 6.22. The van der Waals surface area contributed by atoms with Gasteiger partial charge in [-0.1, -0.05) is 38.3 Å². The molecule has 2 saturated carbocycles. The Hall–Kier alpha value is -0.260. The van der Waals surface area contributed by atoms with Gasteiger partial charge in [-0.15, -0.1) is 0 Å². The lowest BCUT2D eigenvalue weighted by molar-refractivity contribution is -0.122. The molecule has 0 bridgehead atoms. The van der Waals surface area contributed by atoms with Crippen molar-refractivity contribution < 1.29 is 0 Å². The highest BCUT2D eigenvalue weighted by molar-refractivity contribution is 5.48. The average molecular weight is 190 g/mol. The molecule has 0 radical (unpaired) electrons. The van der Waals surface area contributed by atoms with Gasteiger partial charge < -0.3 is 0 Å². The Morgan fingerprint density at radius 3 is 2.43 bits per heavy atom. The molecule has 0 aromatic carbocycles. The highest BCUT2D eigenvalue weighted by Crippen LogP contribution is 2.76. The zero-order valence-electron chi connectivity index (χ0n) is 9.88. The number of hydrogen-bond acceptors (Lipinski definition) is 0. The predicted molar refractivity (Wildman–Crippen MR) is 59.9 cm³/mol. The molecular weight excluding hydrogens is 168 g/mol. The van der Waals surface area contributed by atoms with Gasteiger partial charge in [0.2, 0.25) is 0 Å². The molecule has 78 valence electrons. The van der Waals surface area contributed by atoms with Crippen LogP contribution in [-0.4, -0.2) is 0 Å². The fraction of sp³-hybridized carbons (Fsp3) is 0.857. The highest BCUT2D eigenvalue weighted by Gasteiger charge is 2.69. The van der Waals surface area contributed by atoms with Gasteiger partial charge in [-0.05, 0) is 48.9 Å². The highest BCUT2D eigenvalue weighted by atomic mass is 14.7. The average Bonchev–Trinajstić information content (AvgIpc) is 2.08. The molecule has 0 aromatic heterocycles. The summed E-state index contributed by atoms with van der Waals surface area (Å²) in [5, 5.41) is 0. The van der Waals surface area contributed by atoms with Gasteiger partial charge in [0.1, 0.15) is 0 Å². The molecule has 0 amide bonds. The molecule has 3 aliphatic carbocycles. The monoisotopic (exact) mass is 190 g/mol. The SMILES string of the molecule is CCC1C2C(C)=C3C(CC(C)C)C1C32. The largest absolute Gasteiger partial charge is 0.0695 e. The van der Waals surface area contributed by atoms with E-state index in [-0.39, 0.29) is 0 Å². The third-order valence-electron chi connectivity index (χ3n) is 5.13. The van der Waals surface area contributed by atoms with E-state index in [1.54, 1.807) is 5.57 Å². The summed E-state index contributed by atoms with van der Waals surface area (Å²) in [6, 6.07) is 0. The molecule has 0 heterocycles. The van der Waals surface area contributed by atoms with E-state index in [9.17, 15) is 0 Å². The van der Waals surface area contributed by atoms with Gasteiger partial charge in [0, 0.05) is 0 Å². The molecule has 0 saturated heterocycles. The first kappa shape index (κ1) is 9.00. The maximum absolute atomic E-state index is 2.40. The summed E-state index contributed by atoms with van der Waals surface area (Å²) in [5.41, 5.74) is 3.70. The third kappa shape index (κ3) is 0.777. The van der Waals surface area contributed by atoms with Gasteiger partial charge >= 0.3 is 0 Å². The molecule has 14 heavy (non-hydrogen) atoms. The van der Waals surface area contributed by atoms with Crippen molar-refractivity contribution >= 4 is 0 Å². The van der Waals surface area contributed by atoms with Crippen LogP contribution in [0.15, 0.2) is 11.1 Å². The lowest BCUT2D eigenvalue weighted by Crippen LogP contribution is -2.67. The van der Waals surface area contributed by atoms with Gasteiger partial charge in [0.25, 0.3) is 0 Å². The van der Waals surface area contributed by atoms with Gasteiger partial charge in [-0.25, -0.2) is 0 Å². The van der Waals surface area contributed by atoms with Crippen molar-refractivity contribution in [1.82, 2.24) is 0 Å². The lowest BCUT2D eigenvalue weighted by atomic mass is 9.30. The van der Waals surface area contributed by atoms with Crippen LogP contribution in [0.3, 0.4) is 0 Å². The molecule has 0 N–H and O–H groups in total. The number of hydrogen-bond donors (Lipinski definition) is 0. The molecule has 0 aromatic rings. The second-order valence-electron chi connectivity index (χ2n) is 6.08. The van der Waals surface area contributed by atoms with Crippen LogP contribution in [0.4, 0.5) is 0 Å². The van der Waals surface area contributed by atoms with Gasteiger partial charge in [-0.2, -0.15) is 0 Å². The summed E-state index contributed by atoms with van der Waals surface area (Å²) >= 11 is 0. The van der Waals surface area contributed by atoms with Crippen LogP contribution in [0.25, 0.3) is 0 Å². The molecule has 2 fully saturated rings. The van der Waals surface area contributed by atoms with E-state index in [2.05, 4.69) is 27.7 Å². The first-order valence-corrected chi connectivity index (χ1v) is 6.37. The Bertz CT molecular complexity index is 297. The van der Waals surface area contributed by atoms with Gasteiger partial charge in [-0.3, -0.25) is 0 Å². The predicted octanol–water partition coefficient (Wildman–Crippen LogP) is 3.88. The standard InChI is InChI=1S/C14H22/c1-5-9-11-8(4)12-10(6-7(2)3)13(9)14(11)12/h7,9-11,13-14H,5-6H2,1-4H3. The van der Waals surface area contributed by atoms with E-state index in [1.807, 2.05) is 5.57 Å². The van der Waals surface area contributed by atoms with Crippen molar-refractivity contribution in [3.8, 4) is 0 Å². The van der Waals surface area contributed by atoms with E-state index >= 15 is 0 Å². The van der Waals surface area contributed by atoms with Crippen LogP contribution >= 0.6 is 0 Å². The fourth-order valence-corrected chi connectivity index (χ4v) is 4.71. The Balaban J connectivity index is 1.80. The zero-order chi connectivity index (χ0) is 10.0. The minimum Gasteiger partial charge on any atom is -0.0695 e. The molecule has 0 heteroatoms. The maximum atomic E-state index is 2.40. The van der Waals surface area contributed by atoms with E-state index in [0.29, 0.717) is 0 Å². The Morgan fingerprint density at radius 1 is 1.21 bits per heavy atom. The smallest absolute Gasteiger partial charge is 0.00923 e. The molecular formula is C14H22. The van der Waals surface area contributed by atoms with Crippen molar-refractivity contribution in [3.63, 3.8) is 0 Å². The van der Waals surface area contributed by atoms with Crippen molar-refractivity contribution in [1.29, 1.82) is 0 Å². The van der Waals surface area contributed by atoms with Crippen LogP contribution in [0.5, 0.6) is 0 Å². The molecule has 5 unspecified atom stereocenters. The molecule has 0 aliphatic heterocycles. The van der Waals surface area contributed by atoms with Crippen LogP contribution in [0, 0.1) is 35.5 Å². The second kappa shape index (κ2) is 2.65. The lowest BCUT2D eigenvalue weighted by Gasteiger charge is -2.74. The fourth-order valence-electron chi connectivity index (χ4n) is 4.71. The molecule has 3 aliphatic rings. The van der Waals surface area contributed by atoms with Crippen LogP contribution in [0.2, 0.25) is 0 Å². The summed E-state index contributed by atoms with van der Waals surface area (Å²) < 4.78 is 0. The van der Waals surface area contributed by atoms with Crippen molar-refractivity contribution in [2.24, 2.45) is 35.5 Å². The molecule has 0 nitrogen and oxygen atoms in total. The number of rotatable bonds is 3. The van der Waals surface area contributed by atoms with Gasteiger partial charge in [0.05, 0.1) is 0 Å². The second-order valence-corrected chi connectivity index (χ2v) is 6.08. The molecule has 3 rings (SSSR count). The third-order valence-corrected chi connectivity index (χ3v) is 5.13. The first-order chi connectivity index (χ1) is 6.66. The Labute approximate surface area is 87.8 Å². The minimum absolute atomic E-state index is 0.887.